The van der Waals surface area contributed by atoms with E-state index in [0.29, 0.717) is 5.56 Å². The molecule has 0 bridgehead atoms. The second kappa shape index (κ2) is 8.63. The zero-order chi connectivity index (χ0) is 22.7. The summed E-state index contributed by atoms with van der Waals surface area (Å²) in [5.74, 6) is 0.459. The van der Waals surface area contributed by atoms with Crippen molar-refractivity contribution in [1.29, 1.82) is 0 Å². The van der Waals surface area contributed by atoms with Crippen molar-refractivity contribution in [2.75, 3.05) is 10.7 Å². The highest BCUT2D eigenvalue weighted by molar-refractivity contribution is 6.31. The molecule has 0 atom stereocenters. The van der Waals surface area contributed by atoms with Gasteiger partial charge < -0.3 is 10.4 Å². The van der Waals surface area contributed by atoms with Gasteiger partial charge in [0.05, 0.1) is 16.8 Å². The van der Waals surface area contributed by atoms with E-state index in [4.69, 9.17) is 11.6 Å². The molecule has 0 aliphatic heterocycles. The number of halogens is 4. The first-order valence-electron chi connectivity index (χ1n) is 8.99. The van der Waals surface area contributed by atoms with E-state index >= 15 is 0 Å². The number of alkyl halides is 3. The topological polar surface area (TPSA) is 108 Å². The zero-order valence-electron chi connectivity index (χ0n) is 16.0. The number of aromatic nitrogens is 4. The molecule has 0 saturated carbocycles. The maximum Gasteiger partial charge on any atom is 0.417 e. The second-order valence-corrected chi connectivity index (χ2v) is 6.80. The molecule has 3 N–H and O–H groups in total. The van der Waals surface area contributed by atoms with E-state index in [1.807, 2.05) is 0 Å². The number of nitrogens with one attached hydrogen (secondary N) is 2. The van der Waals surface area contributed by atoms with Crippen LogP contribution in [-0.2, 0) is 6.18 Å². The quantitative estimate of drug-likeness (QED) is 0.285. The van der Waals surface area contributed by atoms with Crippen LogP contribution in [0.1, 0.15) is 11.1 Å². The fraction of sp³-hybridized carbons (Fsp3) is 0.0500. The molecule has 0 amide bonds. The summed E-state index contributed by atoms with van der Waals surface area (Å²) in [5, 5.41) is 16.2. The van der Waals surface area contributed by atoms with Crippen molar-refractivity contribution in [3.8, 4) is 5.75 Å². The van der Waals surface area contributed by atoms with Crippen LogP contribution in [-0.4, -0.2) is 31.3 Å². The van der Waals surface area contributed by atoms with Crippen molar-refractivity contribution >= 4 is 46.2 Å². The Kier molecular flexibility index (Phi) is 5.73. The Balaban J connectivity index is 1.63. The van der Waals surface area contributed by atoms with Crippen LogP contribution in [0.15, 0.2) is 60.2 Å². The number of para-hydroxylation sites is 1. The number of hydrogen-bond donors (Lipinski definition) is 3. The molecular weight excluding hydrogens is 447 g/mol. The number of nitrogens with zero attached hydrogens (tertiary/aromatic N) is 5. The maximum absolute atomic E-state index is 13.1. The monoisotopic (exact) mass is 459 g/mol. The molecule has 0 radical (unpaired) electrons. The smallest absolute Gasteiger partial charge is 0.417 e. The molecule has 162 valence electrons. The van der Waals surface area contributed by atoms with Gasteiger partial charge in [0.1, 0.15) is 29.4 Å². The van der Waals surface area contributed by atoms with E-state index in [9.17, 15) is 18.3 Å². The maximum atomic E-state index is 13.1. The van der Waals surface area contributed by atoms with Gasteiger partial charge in [-0.05, 0) is 30.3 Å². The molecule has 0 saturated heterocycles. The number of phenolic OH excluding ortho intramolecular Hbond substituents is 1. The summed E-state index contributed by atoms with van der Waals surface area (Å²) in [7, 11) is 0. The van der Waals surface area contributed by atoms with E-state index in [1.54, 1.807) is 18.2 Å². The van der Waals surface area contributed by atoms with Gasteiger partial charge in [-0.2, -0.15) is 18.3 Å². The van der Waals surface area contributed by atoms with Crippen LogP contribution in [0.25, 0.3) is 11.0 Å². The zero-order valence-corrected chi connectivity index (χ0v) is 16.7. The van der Waals surface area contributed by atoms with Crippen LogP contribution in [0, 0.1) is 0 Å². The predicted molar refractivity (Wildman–Crippen MR) is 114 cm³/mol. The number of aromatic hydroxyl groups is 1. The van der Waals surface area contributed by atoms with Crippen LogP contribution in [0.2, 0.25) is 5.02 Å². The van der Waals surface area contributed by atoms with Crippen LogP contribution < -0.4 is 10.7 Å². The average Bonchev–Trinajstić information content (AvgIpc) is 2.76. The molecule has 8 nitrogen and oxygen atoms in total. The number of anilines is 3. The summed E-state index contributed by atoms with van der Waals surface area (Å²) < 4.78 is 39.4. The lowest BCUT2D eigenvalue weighted by molar-refractivity contribution is -0.137. The number of hydrazone groups is 1. The van der Waals surface area contributed by atoms with Crippen molar-refractivity contribution in [2.24, 2.45) is 5.10 Å². The van der Waals surface area contributed by atoms with E-state index in [-0.39, 0.29) is 34.1 Å². The molecule has 0 aliphatic carbocycles. The summed E-state index contributed by atoms with van der Waals surface area (Å²) in [5.41, 5.74) is 2.88. The molecular formula is C20H13ClF3N7O. The summed E-state index contributed by atoms with van der Waals surface area (Å²) in [6.07, 6.45) is -0.757. The Hall–Kier alpha value is -3.99. The largest absolute Gasteiger partial charge is 0.507 e. The van der Waals surface area contributed by atoms with E-state index in [0.717, 1.165) is 12.1 Å². The normalized spacial score (nSPS) is 11.8. The van der Waals surface area contributed by atoms with Gasteiger partial charge in [0.15, 0.2) is 11.6 Å². The minimum atomic E-state index is -4.60. The van der Waals surface area contributed by atoms with E-state index in [1.165, 1.54) is 31.0 Å². The first kappa shape index (κ1) is 21.2. The molecule has 4 aromatic rings. The van der Waals surface area contributed by atoms with Gasteiger partial charge in [0.2, 0.25) is 0 Å². The predicted octanol–water partition coefficient (Wildman–Crippen LogP) is 4.99. The summed E-state index contributed by atoms with van der Waals surface area (Å²) in [4.78, 5) is 16.4. The molecule has 32 heavy (non-hydrogen) atoms. The van der Waals surface area contributed by atoms with E-state index < -0.39 is 16.8 Å². The molecule has 4 rings (SSSR count). The fourth-order valence-electron chi connectivity index (χ4n) is 2.77. The lowest BCUT2D eigenvalue weighted by atomic mass is 10.2. The number of rotatable bonds is 5. The lowest BCUT2D eigenvalue weighted by Gasteiger charge is -2.13. The third-order valence-corrected chi connectivity index (χ3v) is 4.60. The number of hydrogen-bond acceptors (Lipinski definition) is 8. The van der Waals surface area contributed by atoms with Gasteiger partial charge in [-0.15, -0.1) is 0 Å². The average molecular weight is 460 g/mol. The molecule has 12 heteroatoms. The van der Waals surface area contributed by atoms with Crippen molar-refractivity contribution in [2.45, 2.75) is 6.18 Å². The van der Waals surface area contributed by atoms with Gasteiger partial charge in [-0.1, -0.05) is 23.7 Å². The van der Waals surface area contributed by atoms with Gasteiger partial charge in [-0.3, -0.25) is 5.43 Å². The first-order valence-corrected chi connectivity index (χ1v) is 9.37. The lowest BCUT2D eigenvalue weighted by Crippen LogP contribution is -2.07. The third-order valence-electron chi connectivity index (χ3n) is 4.27. The Morgan fingerprint density at radius 3 is 2.34 bits per heavy atom. The van der Waals surface area contributed by atoms with Crippen LogP contribution in [0.4, 0.5) is 30.5 Å². The van der Waals surface area contributed by atoms with Gasteiger partial charge in [-0.25, -0.2) is 19.9 Å². The highest BCUT2D eigenvalue weighted by atomic mass is 35.5. The highest BCUT2D eigenvalue weighted by Gasteiger charge is 2.33. The van der Waals surface area contributed by atoms with Crippen LogP contribution in [0.5, 0.6) is 5.75 Å². The fourth-order valence-corrected chi connectivity index (χ4v) is 2.99. The van der Waals surface area contributed by atoms with Crippen molar-refractivity contribution in [3.05, 3.63) is 71.3 Å². The van der Waals surface area contributed by atoms with Crippen molar-refractivity contribution in [3.63, 3.8) is 0 Å². The molecule has 2 aromatic heterocycles. The molecule has 0 spiro atoms. The Morgan fingerprint density at radius 2 is 1.62 bits per heavy atom. The van der Waals surface area contributed by atoms with Gasteiger partial charge in [0.25, 0.3) is 0 Å². The number of phenols is 1. The SMILES string of the molecule is Oc1ccccc1/C=N/Nc1ncnc2c(Nc3ccc(Cl)c(C(F)(F)F)c3)ncnc12. The van der Waals surface area contributed by atoms with Crippen molar-refractivity contribution < 1.29 is 18.3 Å². The Labute approximate surface area is 183 Å². The summed E-state index contributed by atoms with van der Waals surface area (Å²) in [6.45, 7) is 0. The molecule has 0 aliphatic rings. The molecule has 2 aromatic carbocycles. The molecule has 0 unspecified atom stereocenters. The minimum Gasteiger partial charge on any atom is -0.507 e. The standard InChI is InChI=1S/C20H13ClF3N7O/c21-14-6-5-12(7-13(14)20(22,23)24)30-18-16-17(26-9-27-18)19(28-10-25-16)31-29-8-11-3-1-2-4-15(11)32/h1-10,32H,(H,25,28,31)(H,26,27,30)/b29-8+. The van der Waals surface area contributed by atoms with Crippen LogP contribution >= 0.6 is 11.6 Å². The van der Waals surface area contributed by atoms with Gasteiger partial charge >= 0.3 is 6.18 Å². The summed E-state index contributed by atoms with van der Waals surface area (Å²) >= 11 is 5.67. The van der Waals surface area contributed by atoms with Crippen molar-refractivity contribution in [1.82, 2.24) is 19.9 Å². The molecule has 2 heterocycles. The first-order chi connectivity index (χ1) is 15.3. The number of benzene rings is 2. The Morgan fingerprint density at radius 1 is 0.938 bits per heavy atom. The third kappa shape index (κ3) is 4.52. The highest BCUT2D eigenvalue weighted by Crippen LogP contribution is 2.37. The van der Waals surface area contributed by atoms with E-state index in [2.05, 4.69) is 35.8 Å². The number of fused-ring (bicyclic) bond motifs is 1. The Bertz CT molecular complexity index is 1310. The molecule has 0 fully saturated rings. The summed E-state index contributed by atoms with van der Waals surface area (Å²) in [6, 6.07) is 10.0. The minimum absolute atomic E-state index is 0.0561. The van der Waals surface area contributed by atoms with Gasteiger partial charge in [0, 0.05) is 11.3 Å². The van der Waals surface area contributed by atoms with Crippen LogP contribution in [0.3, 0.4) is 0 Å². The second-order valence-electron chi connectivity index (χ2n) is 6.39.